The molecule has 1 atom stereocenters. The lowest BCUT2D eigenvalue weighted by atomic mass is 9.96. The van der Waals surface area contributed by atoms with Crippen LogP contribution in [0, 0.1) is 11.8 Å². The van der Waals surface area contributed by atoms with E-state index in [0.717, 1.165) is 18.3 Å². The van der Waals surface area contributed by atoms with Gasteiger partial charge in [-0.25, -0.2) is 0 Å². The topological polar surface area (TPSA) is 37.3 Å². The molecule has 0 aromatic heterocycles. The third-order valence-electron chi connectivity index (χ3n) is 2.78. The molecule has 1 aliphatic carbocycles. The van der Waals surface area contributed by atoms with Crippen molar-refractivity contribution in [3.8, 4) is 5.75 Å². The van der Waals surface area contributed by atoms with Gasteiger partial charge in [-0.2, -0.15) is 0 Å². The smallest absolute Gasteiger partial charge is 0.123 e. The van der Waals surface area contributed by atoms with E-state index in [2.05, 4.69) is 0 Å². The van der Waals surface area contributed by atoms with Crippen molar-refractivity contribution in [2.24, 2.45) is 11.8 Å². The highest BCUT2D eigenvalue weighted by atomic mass is 16.3. The van der Waals surface area contributed by atoms with Gasteiger partial charge in [0.2, 0.25) is 0 Å². The quantitative estimate of drug-likeness (QED) is 0.739. The molecule has 0 bridgehead atoms. The predicted octanol–water partition coefficient (Wildman–Crippen LogP) is 2.16. The fraction of sp³-hybridized carbons (Fsp3) is 0.417. The lowest BCUT2D eigenvalue weighted by Crippen LogP contribution is -2.08. The van der Waals surface area contributed by atoms with Crippen molar-refractivity contribution < 1.29 is 9.90 Å². The van der Waals surface area contributed by atoms with E-state index in [1.165, 1.54) is 12.8 Å². The van der Waals surface area contributed by atoms with E-state index in [1.54, 1.807) is 12.1 Å². The van der Waals surface area contributed by atoms with Crippen molar-refractivity contribution in [2.45, 2.75) is 19.3 Å². The van der Waals surface area contributed by atoms with E-state index in [9.17, 15) is 9.90 Å². The Morgan fingerprint density at radius 3 is 2.86 bits per heavy atom. The van der Waals surface area contributed by atoms with Gasteiger partial charge in [-0.15, -0.1) is 0 Å². The first-order chi connectivity index (χ1) is 6.79. The number of aldehydes is 1. The van der Waals surface area contributed by atoms with Crippen LogP contribution in [0.15, 0.2) is 24.3 Å². The average molecular weight is 190 g/mol. The number of carbonyl (C=O) groups is 1. The number of rotatable bonds is 4. The van der Waals surface area contributed by atoms with Crippen molar-refractivity contribution >= 4 is 6.29 Å². The summed E-state index contributed by atoms with van der Waals surface area (Å²) in [5.41, 5.74) is 1.05. The summed E-state index contributed by atoms with van der Waals surface area (Å²) in [4.78, 5) is 10.8. The van der Waals surface area contributed by atoms with Gasteiger partial charge in [0.25, 0.3) is 0 Å². The molecule has 1 unspecified atom stereocenters. The largest absolute Gasteiger partial charge is 0.508 e. The molecule has 0 heterocycles. The molecule has 0 aliphatic heterocycles. The maximum absolute atomic E-state index is 10.8. The minimum atomic E-state index is 0.150. The number of aromatic hydroxyl groups is 1. The van der Waals surface area contributed by atoms with E-state index in [4.69, 9.17) is 0 Å². The SMILES string of the molecule is O=CC(Cc1cccc(O)c1)C1CC1. The maximum atomic E-state index is 10.8. The second-order valence-corrected chi connectivity index (χ2v) is 4.01. The van der Waals surface area contributed by atoms with Crippen molar-refractivity contribution in [3.63, 3.8) is 0 Å². The summed E-state index contributed by atoms with van der Waals surface area (Å²) in [5.74, 6) is 1.02. The Balaban J connectivity index is 2.04. The highest BCUT2D eigenvalue weighted by molar-refractivity contribution is 5.55. The molecule has 0 radical (unpaired) electrons. The van der Waals surface area contributed by atoms with Gasteiger partial charge in [-0.3, -0.25) is 0 Å². The molecule has 1 N–H and O–H groups in total. The zero-order chi connectivity index (χ0) is 9.97. The van der Waals surface area contributed by atoms with Gasteiger partial charge >= 0.3 is 0 Å². The molecule has 1 aromatic rings. The normalized spacial score (nSPS) is 17.7. The summed E-state index contributed by atoms with van der Waals surface area (Å²) in [6.07, 6.45) is 4.19. The highest BCUT2D eigenvalue weighted by Crippen LogP contribution is 2.37. The van der Waals surface area contributed by atoms with Crippen LogP contribution in [-0.2, 0) is 11.2 Å². The van der Waals surface area contributed by atoms with E-state index in [1.807, 2.05) is 12.1 Å². The summed E-state index contributed by atoms with van der Waals surface area (Å²) < 4.78 is 0. The second-order valence-electron chi connectivity index (χ2n) is 4.01. The second kappa shape index (κ2) is 3.82. The number of benzene rings is 1. The van der Waals surface area contributed by atoms with Crippen molar-refractivity contribution in [2.75, 3.05) is 0 Å². The molecular weight excluding hydrogens is 176 g/mol. The number of phenols is 1. The average Bonchev–Trinajstić information content (AvgIpc) is 2.97. The Labute approximate surface area is 83.6 Å². The van der Waals surface area contributed by atoms with E-state index in [0.29, 0.717) is 5.92 Å². The molecule has 0 spiro atoms. The Bertz CT molecular complexity index is 329. The van der Waals surface area contributed by atoms with Crippen LogP contribution in [0.3, 0.4) is 0 Å². The first-order valence-corrected chi connectivity index (χ1v) is 5.03. The molecule has 74 valence electrons. The van der Waals surface area contributed by atoms with Crippen LogP contribution in [0.1, 0.15) is 18.4 Å². The lowest BCUT2D eigenvalue weighted by Gasteiger charge is -2.08. The molecule has 1 saturated carbocycles. The number of phenolic OH excluding ortho intramolecular Hbond substituents is 1. The minimum absolute atomic E-state index is 0.150. The van der Waals surface area contributed by atoms with Crippen LogP contribution >= 0.6 is 0 Å². The summed E-state index contributed by atoms with van der Waals surface area (Å²) in [6, 6.07) is 7.16. The molecule has 14 heavy (non-hydrogen) atoms. The Hall–Kier alpha value is -1.31. The predicted molar refractivity (Wildman–Crippen MR) is 54.1 cm³/mol. The van der Waals surface area contributed by atoms with Crippen LogP contribution in [0.2, 0.25) is 0 Å². The third-order valence-corrected chi connectivity index (χ3v) is 2.78. The van der Waals surface area contributed by atoms with Crippen LogP contribution < -0.4 is 0 Å². The van der Waals surface area contributed by atoms with Gasteiger partial charge in [0.15, 0.2) is 0 Å². The first-order valence-electron chi connectivity index (χ1n) is 5.03. The Morgan fingerprint density at radius 1 is 1.50 bits per heavy atom. The molecule has 2 heteroatoms. The van der Waals surface area contributed by atoms with Crippen molar-refractivity contribution in [3.05, 3.63) is 29.8 Å². The monoisotopic (exact) mass is 190 g/mol. The van der Waals surface area contributed by atoms with Crippen molar-refractivity contribution in [1.29, 1.82) is 0 Å². The number of carbonyl (C=O) groups excluding carboxylic acids is 1. The van der Waals surface area contributed by atoms with Crippen LogP contribution in [0.5, 0.6) is 5.75 Å². The van der Waals surface area contributed by atoms with Crippen molar-refractivity contribution in [1.82, 2.24) is 0 Å². The van der Waals surface area contributed by atoms with E-state index >= 15 is 0 Å². The molecule has 0 amide bonds. The van der Waals surface area contributed by atoms with E-state index in [-0.39, 0.29) is 11.7 Å². The van der Waals surface area contributed by atoms with Gasteiger partial charge in [-0.1, -0.05) is 12.1 Å². The fourth-order valence-electron chi connectivity index (χ4n) is 1.81. The minimum Gasteiger partial charge on any atom is -0.508 e. The fourth-order valence-corrected chi connectivity index (χ4v) is 1.81. The van der Waals surface area contributed by atoms with Gasteiger partial charge in [0, 0.05) is 5.92 Å². The Morgan fingerprint density at radius 2 is 2.29 bits per heavy atom. The molecule has 1 aliphatic rings. The summed E-state index contributed by atoms with van der Waals surface area (Å²) in [5, 5.41) is 9.26. The van der Waals surface area contributed by atoms with Gasteiger partial charge in [0.05, 0.1) is 0 Å². The van der Waals surface area contributed by atoms with Crippen LogP contribution in [0.25, 0.3) is 0 Å². The van der Waals surface area contributed by atoms with Gasteiger partial charge in [0.1, 0.15) is 12.0 Å². The zero-order valence-corrected chi connectivity index (χ0v) is 8.02. The van der Waals surface area contributed by atoms with Crippen LogP contribution in [-0.4, -0.2) is 11.4 Å². The molecule has 0 saturated heterocycles. The van der Waals surface area contributed by atoms with Gasteiger partial charge < -0.3 is 9.90 Å². The molecule has 1 fully saturated rings. The first kappa shape index (κ1) is 9.25. The highest BCUT2D eigenvalue weighted by Gasteiger charge is 2.30. The number of hydrogen-bond donors (Lipinski definition) is 1. The molecule has 1 aromatic carbocycles. The summed E-state index contributed by atoms with van der Waals surface area (Å²) >= 11 is 0. The maximum Gasteiger partial charge on any atom is 0.123 e. The van der Waals surface area contributed by atoms with Gasteiger partial charge in [-0.05, 0) is 42.9 Å². The zero-order valence-electron chi connectivity index (χ0n) is 8.02. The summed E-state index contributed by atoms with van der Waals surface area (Å²) in [7, 11) is 0. The van der Waals surface area contributed by atoms with Crippen LogP contribution in [0.4, 0.5) is 0 Å². The molecule has 2 nitrogen and oxygen atoms in total. The number of hydrogen-bond acceptors (Lipinski definition) is 2. The standard InChI is InChI=1S/C12H14O2/c13-8-11(10-4-5-10)6-9-2-1-3-12(14)7-9/h1-3,7-8,10-11,14H,4-6H2. The van der Waals surface area contributed by atoms with E-state index < -0.39 is 0 Å². The Kier molecular flexibility index (Phi) is 2.53. The molecular formula is C12H14O2. The lowest BCUT2D eigenvalue weighted by molar-refractivity contribution is -0.111. The summed E-state index contributed by atoms with van der Waals surface area (Å²) in [6.45, 7) is 0. The molecule has 2 rings (SSSR count). The third kappa shape index (κ3) is 2.13.